The summed E-state index contributed by atoms with van der Waals surface area (Å²) in [5.74, 6) is 0.198. The number of nitrogens with one attached hydrogen (secondary N) is 1. The average Bonchev–Trinajstić information content (AvgIpc) is 3.08. The van der Waals surface area contributed by atoms with E-state index in [9.17, 15) is 4.79 Å². The van der Waals surface area contributed by atoms with Crippen LogP contribution in [0.3, 0.4) is 0 Å². The van der Waals surface area contributed by atoms with Crippen LogP contribution >= 0.6 is 0 Å². The number of hydrogen-bond acceptors (Lipinski definition) is 2. The zero-order valence-electron chi connectivity index (χ0n) is 13.4. The summed E-state index contributed by atoms with van der Waals surface area (Å²) in [5, 5.41) is 3.22. The van der Waals surface area contributed by atoms with Crippen molar-refractivity contribution < 1.29 is 4.79 Å². The van der Waals surface area contributed by atoms with Crippen LogP contribution in [0.25, 0.3) is 5.57 Å². The fraction of sp³-hybridized carbons (Fsp3) is 0.526. The molecule has 118 valence electrons. The van der Waals surface area contributed by atoms with Crippen LogP contribution in [0.1, 0.15) is 44.6 Å². The highest BCUT2D eigenvalue weighted by molar-refractivity contribution is 5.81. The Morgan fingerprint density at radius 3 is 2.59 bits per heavy atom. The highest BCUT2D eigenvalue weighted by atomic mass is 16.2. The Morgan fingerprint density at radius 1 is 1.23 bits per heavy atom. The molecular formula is C19H26N2O. The lowest BCUT2D eigenvalue weighted by molar-refractivity contribution is -0.126. The molecule has 1 aromatic rings. The first-order valence-electron chi connectivity index (χ1n) is 8.53. The molecule has 3 rings (SSSR count). The minimum absolute atomic E-state index is 0.0332. The minimum atomic E-state index is -0.0332. The van der Waals surface area contributed by atoms with E-state index in [1.165, 1.54) is 24.0 Å². The lowest BCUT2D eigenvalue weighted by atomic mass is 9.99. The summed E-state index contributed by atoms with van der Waals surface area (Å²) in [6, 6.07) is 10.9. The molecule has 3 nitrogen and oxygen atoms in total. The normalized spacial score (nSPS) is 21.4. The molecule has 0 bridgehead atoms. The number of rotatable bonds is 4. The number of hydrogen-bond donors (Lipinski definition) is 1. The smallest absolute Gasteiger partial charge is 0.237 e. The molecule has 1 heterocycles. The van der Waals surface area contributed by atoms with Gasteiger partial charge in [0.1, 0.15) is 0 Å². The molecule has 1 aliphatic carbocycles. The Hall–Kier alpha value is -1.61. The third kappa shape index (κ3) is 3.58. The minimum Gasteiger partial charge on any atom is -0.352 e. The van der Waals surface area contributed by atoms with Crippen LogP contribution in [-0.2, 0) is 4.79 Å². The van der Waals surface area contributed by atoms with Crippen molar-refractivity contribution in [1.29, 1.82) is 0 Å². The number of benzene rings is 1. The molecule has 1 fully saturated rings. The summed E-state index contributed by atoms with van der Waals surface area (Å²) in [5.41, 5.74) is 2.71. The number of nitrogens with zero attached hydrogens (tertiary/aromatic N) is 1. The van der Waals surface area contributed by atoms with Crippen molar-refractivity contribution in [2.75, 3.05) is 13.1 Å². The van der Waals surface area contributed by atoms with Crippen molar-refractivity contribution in [3.05, 3.63) is 42.0 Å². The maximum absolute atomic E-state index is 12.4. The molecule has 3 heteroatoms. The van der Waals surface area contributed by atoms with Gasteiger partial charge in [0.15, 0.2) is 0 Å². The molecule has 0 saturated heterocycles. The predicted octanol–water partition coefficient (Wildman–Crippen LogP) is 3.22. The second-order valence-electron chi connectivity index (χ2n) is 6.51. The van der Waals surface area contributed by atoms with Gasteiger partial charge in [0.25, 0.3) is 0 Å². The van der Waals surface area contributed by atoms with E-state index in [1.54, 1.807) is 0 Å². The fourth-order valence-electron chi connectivity index (χ4n) is 3.51. The van der Waals surface area contributed by atoms with Crippen LogP contribution in [0.15, 0.2) is 36.4 Å². The second-order valence-corrected chi connectivity index (χ2v) is 6.51. The second kappa shape index (κ2) is 7.10. The molecule has 22 heavy (non-hydrogen) atoms. The van der Waals surface area contributed by atoms with Gasteiger partial charge in [-0.25, -0.2) is 0 Å². The maximum Gasteiger partial charge on any atom is 0.237 e. The third-order valence-electron chi connectivity index (χ3n) is 5.01. The molecule has 1 aliphatic heterocycles. The number of carbonyl (C=O) groups excluding carboxylic acids is 1. The van der Waals surface area contributed by atoms with E-state index in [1.807, 2.05) is 6.92 Å². The first-order valence-corrected chi connectivity index (χ1v) is 8.53. The summed E-state index contributed by atoms with van der Waals surface area (Å²) < 4.78 is 0. The van der Waals surface area contributed by atoms with Crippen molar-refractivity contribution in [3.63, 3.8) is 0 Å². The highest BCUT2D eigenvalue weighted by Crippen LogP contribution is 2.23. The summed E-state index contributed by atoms with van der Waals surface area (Å²) in [6.07, 6.45) is 8.11. The van der Waals surface area contributed by atoms with Gasteiger partial charge in [-0.05, 0) is 37.3 Å². The van der Waals surface area contributed by atoms with Gasteiger partial charge in [0.2, 0.25) is 5.91 Å². The molecule has 1 aromatic carbocycles. The molecule has 2 aliphatic rings. The van der Waals surface area contributed by atoms with Crippen molar-refractivity contribution >= 4 is 11.5 Å². The van der Waals surface area contributed by atoms with E-state index < -0.39 is 0 Å². The van der Waals surface area contributed by atoms with Gasteiger partial charge in [0.05, 0.1) is 6.04 Å². The zero-order valence-corrected chi connectivity index (χ0v) is 13.4. The average molecular weight is 298 g/mol. The highest BCUT2D eigenvalue weighted by Gasteiger charge is 2.26. The Kier molecular flexibility index (Phi) is 4.94. The van der Waals surface area contributed by atoms with Crippen molar-refractivity contribution in [3.8, 4) is 0 Å². The molecule has 0 spiro atoms. The molecule has 1 atom stereocenters. The molecule has 1 amide bonds. The van der Waals surface area contributed by atoms with Crippen molar-refractivity contribution in [2.45, 2.75) is 51.1 Å². The predicted molar refractivity (Wildman–Crippen MR) is 90.5 cm³/mol. The van der Waals surface area contributed by atoms with E-state index in [0.717, 1.165) is 32.4 Å². The molecule has 1 N–H and O–H groups in total. The molecule has 0 radical (unpaired) electrons. The third-order valence-corrected chi connectivity index (χ3v) is 5.01. The summed E-state index contributed by atoms with van der Waals surface area (Å²) >= 11 is 0. The van der Waals surface area contributed by atoms with Crippen LogP contribution in [0.2, 0.25) is 0 Å². The Labute approximate surface area is 133 Å². The first kappa shape index (κ1) is 15.3. The van der Waals surface area contributed by atoms with E-state index in [2.05, 4.69) is 46.6 Å². The lowest BCUT2D eigenvalue weighted by Crippen LogP contribution is -2.48. The summed E-state index contributed by atoms with van der Waals surface area (Å²) in [7, 11) is 0. The molecule has 1 saturated carbocycles. The van der Waals surface area contributed by atoms with E-state index in [4.69, 9.17) is 0 Å². The van der Waals surface area contributed by atoms with Gasteiger partial charge in [0, 0.05) is 19.1 Å². The topological polar surface area (TPSA) is 32.3 Å². The quantitative estimate of drug-likeness (QED) is 0.925. The Bertz CT molecular complexity index is 532. The van der Waals surface area contributed by atoms with Gasteiger partial charge in [-0.3, -0.25) is 9.69 Å². The Morgan fingerprint density at radius 2 is 1.95 bits per heavy atom. The fourth-order valence-corrected chi connectivity index (χ4v) is 3.51. The van der Waals surface area contributed by atoms with Crippen molar-refractivity contribution in [1.82, 2.24) is 10.2 Å². The van der Waals surface area contributed by atoms with Crippen LogP contribution in [0.4, 0.5) is 0 Å². The summed E-state index contributed by atoms with van der Waals surface area (Å²) in [4.78, 5) is 14.7. The van der Waals surface area contributed by atoms with Crippen LogP contribution < -0.4 is 5.32 Å². The van der Waals surface area contributed by atoms with Crippen LogP contribution in [-0.4, -0.2) is 36.0 Å². The summed E-state index contributed by atoms with van der Waals surface area (Å²) in [6.45, 7) is 3.86. The largest absolute Gasteiger partial charge is 0.352 e. The number of carbonyl (C=O) groups is 1. The van der Waals surface area contributed by atoms with Gasteiger partial charge in [-0.1, -0.05) is 49.2 Å². The first-order chi connectivity index (χ1) is 10.7. The van der Waals surface area contributed by atoms with E-state index in [-0.39, 0.29) is 11.9 Å². The molecule has 0 aromatic heterocycles. The SMILES string of the molecule is CC(C(=O)NC1CCCC1)N1CC=C(c2ccccc2)CC1. The molecular weight excluding hydrogens is 272 g/mol. The van der Waals surface area contributed by atoms with E-state index >= 15 is 0 Å². The lowest BCUT2D eigenvalue weighted by Gasteiger charge is -2.31. The van der Waals surface area contributed by atoms with Crippen LogP contribution in [0, 0.1) is 0 Å². The monoisotopic (exact) mass is 298 g/mol. The van der Waals surface area contributed by atoms with Gasteiger partial charge in [-0.2, -0.15) is 0 Å². The van der Waals surface area contributed by atoms with Gasteiger partial charge in [-0.15, -0.1) is 0 Å². The van der Waals surface area contributed by atoms with Gasteiger partial charge >= 0.3 is 0 Å². The standard InChI is InChI=1S/C19H26N2O/c1-15(19(22)20-18-9-5-6-10-18)21-13-11-17(12-14-21)16-7-3-2-4-8-16/h2-4,7-8,11,15,18H,5-6,9-10,12-14H2,1H3,(H,20,22). The maximum atomic E-state index is 12.4. The molecule has 1 unspecified atom stereocenters. The number of amides is 1. The van der Waals surface area contributed by atoms with Gasteiger partial charge < -0.3 is 5.32 Å². The van der Waals surface area contributed by atoms with Crippen LogP contribution in [0.5, 0.6) is 0 Å². The Balaban J connectivity index is 1.55. The van der Waals surface area contributed by atoms with E-state index in [0.29, 0.717) is 6.04 Å². The van der Waals surface area contributed by atoms with Crippen molar-refractivity contribution in [2.24, 2.45) is 0 Å². The zero-order chi connectivity index (χ0) is 15.4.